The second-order valence-electron chi connectivity index (χ2n) is 4.80. The number of likely N-dealkylation sites (N-methyl/N-ethyl adjacent to an activating group) is 1. The highest BCUT2D eigenvalue weighted by molar-refractivity contribution is 5.28. The van der Waals surface area contributed by atoms with Gasteiger partial charge in [0, 0.05) is 13.7 Å². The zero-order chi connectivity index (χ0) is 15.0. The lowest BCUT2D eigenvalue weighted by Crippen LogP contribution is -2.25. The van der Waals surface area contributed by atoms with Gasteiger partial charge in [0.05, 0.1) is 51.4 Å². The van der Waals surface area contributed by atoms with Gasteiger partial charge in [-0.15, -0.1) is 0 Å². The van der Waals surface area contributed by atoms with Crippen LogP contribution in [-0.2, 0) is 16.0 Å². The maximum atomic E-state index is 6.19. The second-order valence-corrected chi connectivity index (χ2v) is 4.80. The van der Waals surface area contributed by atoms with Gasteiger partial charge >= 0.3 is 0 Å². The first kappa shape index (κ1) is 16.9. The highest BCUT2D eigenvalue weighted by atomic mass is 16.5. The Balaban J connectivity index is 2.66. The molecule has 0 aliphatic heterocycles. The third-order valence-electron chi connectivity index (χ3n) is 2.90. The molecule has 0 spiro atoms. The third kappa shape index (κ3) is 5.09. The number of nitrogens with zero attached hydrogens (tertiary/aromatic N) is 3. The molecule has 0 saturated carbocycles. The van der Waals surface area contributed by atoms with Crippen LogP contribution in [0.4, 0.5) is 0 Å². The zero-order valence-electron chi connectivity index (χ0n) is 12.8. The molecule has 1 atom stereocenters. The van der Waals surface area contributed by atoms with Gasteiger partial charge < -0.3 is 24.8 Å². The predicted molar refractivity (Wildman–Crippen MR) is 77.0 cm³/mol. The Hall–Kier alpha value is -1.15. The molecule has 0 saturated heterocycles. The Morgan fingerprint density at radius 1 is 1.35 bits per heavy atom. The van der Waals surface area contributed by atoms with Gasteiger partial charge in [-0.3, -0.25) is 4.68 Å². The van der Waals surface area contributed by atoms with E-state index in [1.165, 1.54) is 0 Å². The van der Waals surface area contributed by atoms with Crippen molar-refractivity contribution in [1.29, 1.82) is 0 Å². The minimum atomic E-state index is -0.272. The van der Waals surface area contributed by atoms with E-state index in [1.807, 2.05) is 18.8 Å². The molecule has 0 aliphatic rings. The van der Waals surface area contributed by atoms with E-state index in [0.717, 1.165) is 18.8 Å². The summed E-state index contributed by atoms with van der Waals surface area (Å²) in [4.78, 5) is 2.10. The summed E-state index contributed by atoms with van der Waals surface area (Å²) in [6, 6.07) is -0.272. The van der Waals surface area contributed by atoms with E-state index in [1.54, 1.807) is 20.4 Å². The van der Waals surface area contributed by atoms with Crippen molar-refractivity contribution in [2.24, 2.45) is 5.73 Å². The number of hydrogen-bond donors (Lipinski definition) is 1. The molecule has 1 unspecified atom stereocenters. The van der Waals surface area contributed by atoms with Gasteiger partial charge in [-0.2, -0.15) is 5.10 Å². The van der Waals surface area contributed by atoms with Crippen LogP contribution in [0.25, 0.3) is 0 Å². The van der Waals surface area contributed by atoms with Crippen LogP contribution < -0.4 is 10.5 Å². The first-order valence-electron chi connectivity index (χ1n) is 6.66. The molecule has 20 heavy (non-hydrogen) atoms. The van der Waals surface area contributed by atoms with Gasteiger partial charge in [-0.25, -0.2) is 0 Å². The van der Waals surface area contributed by atoms with Gasteiger partial charge in [-0.05, 0) is 14.1 Å². The molecular formula is C13H26N4O3. The maximum Gasteiger partial charge on any atom is 0.161 e. The highest BCUT2D eigenvalue weighted by Gasteiger charge is 2.19. The molecule has 0 fully saturated rings. The fourth-order valence-electron chi connectivity index (χ4n) is 1.81. The molecule has 0 radical (unpaired) electrons. The van der Waals surface area contributed by atoms with Gasteiger partial charge in [0.15, 0.2) is 5.75 Å². The molecule has 1 aromatic heterocycles. The molecule has 116 valence electrons. The van der Waals surface area contributed by atoms with Gasteiger partial charge in [0.25, 0.3) is 0 Å². The van der Waals surface area contributed by atoms with Crippen LogP contribution in [0.5, 0.6) is 5.75 Å². The fourth-order valence-corrected chi connectivity index (χ4v) is 1.81. The van der Waals surface area contributed by atoms with Crippen LogP contribution in [0.1, 0.15) is 11.7 Å². The molecule has 1 heterocycles. The lowest BCUT2D eigenvalue weighted by atomic mass is 10.2. The Bertz CT molecular complexity index is 382. The molecule has 0 bridgehead atoms. The molecule has 1 rings (SSSR count). The summed E-state index contributed by atoms with van der Waals surface area (Å²) in [5, 5.41) is 4.33. The van der Waals surface area contributed by atoms with Crippen LogP contribution in [0.2, 0.25) is 0 Å². The van der Waals surface area contributed by atoms with E-state index < -0.39 is 0 Å². The molecule has 1 aromatic rings. The maximum absolute atomic E-state index is 6.19. The van der Waals surface area contributed by atoms with E-state index in [4.69, 9.17) is 19.9 Å². The summed E-state index contributed by atoms with van der Waals surface area (Å²) in [6.07, 6.45) is 1.69. The van der Waals surface area contributed by atoms with Crippen molar-refractivity contribution >= 4 is 0 Å². The Morgan fingerprint density at radius 3 is 2.70 bits per heavy atom. The fraction of sp³-hybridized carbons (Fsp3) is 0.769. The lowest BCUT2D eigenvalue weighted by Gasteiger charge is -2.17. The monoisotopic (exact) mass is 286 g/mol. The SMILES string of the molecule is COCCOCC(N)c1c(OC)cnn1CCN(C)C. The molecule has 7 nitrogen and oxygen atoms in total. The molecule has 0 aromatic carbocycles. The summed E-state index contributed by atoms with van der Waals surface area (Å²) in [5.41, 5.74) is 7.05. The van der Waals surface area contributed by atoms with Crippen LogP contribution in [-0.4, -0.2) is 69.4 Å². The van der Waals surface area contributed by atoms with Gasteiger partial charge in [-0.1, -0.05) is 0 Å². The third-order valence-corrected chi connectivity index (χ3v) is 2.90. The van der Waals surface area contributed by atoms with Crippen molar-refractivity contribution in [3.05, 3.63) is 11.9 Å². The standard InChI is InChI=1S/C13H26N4O3/c1-16(2)5-6-17-13(12(19-4)9-15-17)11(14)10-20-8-7-18-3/h9,11H,5-8,10,14H2,1-4H3. The quantitative estimate of drug-likeness (QED) is 0.616. The Morgan fingerprint density at radius 2 is 2.10 bits per heavy atom. The lowest BCUT2D eigenvalue weighted by molar-refractivity contribution is 0.0622. The first-order valence-corrected chi connectivity index (χ1v) is 6.66. The van der Waals surface area contributed by atoms with Gasteiger partial charge in [0.1, 0.15) is 0 Å². The van der Waals surface area contributed by atoms with Gasteiger partial charge in [0.2, 0.25) is 0 Å². The van der Waals surface area contributed by atoms with E-state index >= 15 is 0 Å². The normalized spacial score (nSPS) is 12.9. The van der Waals surface area contributed by atoms with Crippen molar-refractivity contribution in [1.82, 2.24) is 14.7 Å². The van der Waals surface area contributed by atoms with Crippen LogP contribution in [0, 0.1) is 0 Å². The summed E-state index contributed by atoms with van der Waals surface area (Å²) in [5.74, 6) is 0.701. The molecular weight excluding hydrogens is 260 g/mol. The average Bonchev–Trinajstić information content (AvgIpc) is 2.84. The molecule has 0 amide bonds. The van der Waals surface area contributed by atoms with Crippen molar-refractivity contribution in [3.8, 4) is 5.75 Å². The summed E-state index contributed by atoms with van der Waals surface area (Å²) in [7, 11) is 7.31. The van der Waals surface area contributed by atoms with E-state index in [0.29, 0.717) is 25.6 Å². The van der Waals surface area contributed by atoms with Crippen molar-refractivity contribution in [3.63, 3.8) is 0 Å². The first-order chi connectivity index (χ1) is 9.60. The van der Waals surface area contributed by atoms with Crippen molar-refractivity contribution < 1.29 is 14.2 Å². The van der Waals surface area contributed by atoms with E-state index in [9.17, 15) is 0 Å². The van der Waals surface area contributed by atoms with Crippen molar-refractivity contribution in [2.45, 2.75) is 12.6 Å². The Labute approximate surface area is 120 Å². The summed E-state index contributed by atoms with van der Waals surface area (Å²) < 4.78 is 17.6. The number of ether oxygens (including phenoxy) is 3. The van der Waals surface area contributed by atoms with E-state index in [2.05, 4.69) is 10.00 Å². The van der Waals surface area contributed by atoms with Crippen LogP contribution in [0.3, 0.4) is 0 Å². The Kier molecular flexibility index (Phi) is 7.53. The van der Waals surface area contributed by atoms with Crippen LogP contribution >= 0.6 is 0 Å². The van der Waals surface area contributed by atoms with Crippen LogP contribution in [0.15, 0.2) is 6.20 Å². The minimum absolute atomic E-state index is 0.272. The second kappa shape index (κ2) is 8.91. The number of nitrogens with two attached hydrogens (primary N) is 1. The largest absolute Gasteiger partial charge is 0.493 e. The predicted octanol–water partition coefficient (Wildman–Crippen LogP) is 0.116. The molecule has 7 heteroatoms. The number of rotatable bonds is 10. The smallest absolute Gasteiger partial charge is 0.161 e. The zero-order valence-corrected chi connectivity index (χ0v) is 12.8. The number of aromatic nitrogens is 2. The van der Waals surface area contributed by atoms with Crippen molar-refractivity contribution in [2.75, 3.05) is 54.7 Å². The number of methoxy groups -OCH3 is 2. The minimum Gasteiger partial charge on any atom is -0.493 e. The topological polar surface area (TPSA) is 74.8 Å². The summed E-state index contributed by atoms with van der Waals surface area (Å²) >= 11 is 0. The molecule has 2 N–H and O–H groups in total. The average molecular weight is 286 g/mol. The molecule has 0 aliphatic carbocycles. The number of hydrogen-bond acceptors (Lipinski definition) is 6. The summed E-state index contributed by atoms with van der Waals surface area (Å²) in [6.45, 7) is 3.14. The van der Waals surface area contributed by atoms with E-state index in [-0.39, 0.29) is 6.04 Å². The highest BCUT2D eigenvalue weighted by Crippen LogP contribution is 2.23.